The van der Waals surface area contributed by atoms with E-state index in [1.165, 1.54) is 0 Å². The first-order valence-electron chi connectivity index (χ1n) is 4.48. The van der Waals surface area contributed by atoms with Gasteiger partial charge >= 0.3 is 0 Å². The van der Waals surface area contributed by atoms with E-state index in [1.807, 2.05) is 6.92 Å². The zero-order valence-corrected chi connectivity index (χ0v) is 8.63. The molecule has 0 fully saturated rings. The predicted octanol–water partition coefficient (Wildman–Crippen LogP) is -0.302. The molecule has 1 atom stereocenters. The van der Waals surface area contributed by atoms with E-state index in [0.717, 1.165) is 6.54 Å². The number of ether oxygens (including phenoxy) is 1. The maximum absolute atomic E-state index is 5.24. The molecule has 0 aromatic carbocycles. The second-order valence-corrected chi connectivity index (χ2v) is 2.92. The molecule has 0 saturated carbocycles. The monoisotopic (exact) mass is 188 g/mol. The van der Waals surface area contributed by atoms with E-state index in [4.69, 9.17) is 10.6 Å². The van der Waals surface area contributed by atoms with Gasteiger partial charge in [-0.05, 0) is 12.8 Å². The van der Waals surface area contributed by atoms with Gasteiger partial charge < -0.3 is 10.1 Å². The van der Waals surface area contributed by atoms with Gasteiger partial charge in [-0.25, -0.2) is 5.84 Å². The van der Waals surface area contributed by atoms with Crippen molar-refractivity contribution in [2.24, 2.45) is 16.8 Å². The van der Waals surface area contributed by atoms with Gasteiger partial charge in [0.1, 0.15) is 0 Å². The molecule has 4 N–H and O–H groups in total. The Morgan fingerprint density at radius 3 is 2.77 bits per heavy atom. The van der Waals surface area contributed by atoms with Crippen molar-refractivity contribution in [3.8, 4) is 0 Å². The molecule has 0 aliphatic carbocycles. The van der Waals surface area contributed by atoms with Crippen molar-refractivity contribution in [2.45, 2.75) is 13.8 Å². The SMILES string of the molecule is CCNC(=NCC(C)COC)NN. The number of hydrogen-bond donors (Lipinski definition) is 3. The topological polar surface area (TPSA) is 71.7 Å². The van der Waals surface area contributed by atoms with Gasteiger partial charge in [0.15, 0.2) is 0 Å². The Balaban J connectivity index is 3.76. The highest BCUT2D eigenvalue weighted by atomic mass is 16.5. The number of nitrogens with zero attached hydrogens (tertiary/aromatic N) is 1. The molecular formula is C8H20N4O. The zero-order chi connectivity index (χ0) is 10.1. The van der Waals surface area contributed by atoms with Crippen LogP contribution >= 0.6 is 0 Å². The van der Waals surface area contributed by atoms with Gasteiger partial charge in [0, 0.05) is 20.2 Å². The van der Waals surface area contributed by atoms with Crippen molar-refractivity contribution in [1.82, 2.24) is 10.7 Å². The Labute approximate surface area is 79.7 Å². The first kappa shape index (κ1) is 12.2. The molecule has 0 aromatic heterocycles. The van der Waals surface area contributed by atoms with Gasteiger partial charge in [-0.15, -0.1) is 0 Å². The highest BCUT2D eigenvalue weighted by molar-refractivity contribution is 5.79. The third-order valence-electron chi connectivity index (χ3n) is 1.49. The summed E-state index contributed by atoms with van der Waals surface area (Å²) in [6.07, 6.45) is 0. The standard InChI is InChI=1S/C8H20N4O/c1-4-10-8(12-9)11-5-7(2)6-13-3/h7H,4-6,9H2,1-3H3,(H2,10,11,12). The van der Waals surface area contributed by atoms with Crippen LogP contribution < -0.4 is 16.6 Å². The molecule has 0 aliphatic rings. The van der Waals surface area contributed by atoms with Crippen molar-refractivity contribution in [1.29, 1.82) is 0 Å². The summed E-state index contributed by atoms with van der Waals surface area (Å²) >= 11 is 0. The fraction of sp³-hybridized carbons (Fsp3) is 0.875. The molecule has 0 aromatic rings. The largest absolute Gasteiger partial charge is 0.384 e. The summed E-state index contributed by atoms with van der Waals surface area (Å²) in [6.45, 7) is 6.30. The predicted molar refractivity (Wildman–Crippen MR) is 54.3 cm³/mol. The second kappa shape index (κ2) is 7.82. The number of rotatable bonds is 5. The molecule has 0 radical (unpaired) electrons. The molecule has 0 aliphatic heterocycles. The van der Waals surface area contributed by atoms with Crippen LogP contribution in [-0.2, 0) is 4.74 Å². The average Bonchev–Trinajstić information content (AvgIpc) is 2.12. The summed E-state index contributed by atoms with van der Waals surface area (Å²) in [4.78, 5) is 4.24. The van der Waals surface area contributed by atoms with E-state index in [9.17, 15) is 0 Å². The fourth-order valence-electron chi connectivity index (χ4n) is 0.904. The molecular weight excluding hydrogens is 168 g/mol. The van der Waals surface area contributed by atoms with E-state index in [2.05, 4.69) is 22.7 Å². The third kappa shape index (κ3) is 6.36. The van der Waals surface area contributed by atoms with Crippen molar-refractivity contribution in [2.75, 3.05) is 26.8 Å². The number of nitrogens with two attached hydrogens (primary N) is 1. The quantitative estimate of drug-likeness (QED) is 0.240. The summed E-state index contributed by atoms with van der Waals surface area (Å²) in [5, 5.41) is 3.00. The maximum Gasteiger partial charge on any atom is 0.205 e. The Kier molecular flexibility index (Phi) is 7.33. The fourth-order valence-corrected chi connectivity index (χ4v) is 0.904. The molecule has 13 heavy (non-hydrogen) atoms. The average molecular weight is 188 g/mol. The molecule has 1 unspecified atom stereocenters. The van der Waals surface area contributed by atoms with Crippen LogP contribution in [-0.4, -0.2) is 32.8 Å². The van der Waals surface area contributed by atoms with Crippen LogP contribution in [0.5, 0.6) is 0 Å². The molecule has 78 valence electrons. The Morgan fingerprint density at radius 2 is 2.31 bits per heavy atom. The Bertz CT molecular complexity index is 149. The summed E-state index contributed by atoms with van der Waals surface area (Å²) in [6, 6.07) is 0. The van der Waals surface area contributed by atoms with Crippen molar-refractivity contribution < 1.29 is 4.74 Å². The summed E-state index contributed by atoms with van der Waals surface area (Å²) in [5.41, 5.74) is 2.50. The molecule has 5 heteroatoms. The summed E-state index contributed by atoms with van der Waals surface area (Å²) < 4.78 is 4.99. The van der Waals surface area contributed by atoms with Gasteiger partial charge in [0.25, 0.3) is 0 Å². The maximum atomic E-state index is 5.24. The zero-order valence-electron chi connectivity index (χ0n) is 8.63. The van der Waals surface area contributed by atoms with Crippen molar-refractivity contribution in [3.63, 3.8) is 0 Å². The minimum atomic E-state index is 0.409. The molecule has 0 spiro atoms. The number of methoxy groups -OCH3 is 1. The third-order valence-corrected chi connectivity index (χ3v) is 1.49. The van der Waals surface area contributed by atoms with Crippen LogP contribution in [0, 0.1) is 5.92 Å². The van der Waals surface area contributed by atoms with E-state index in [0.29, 0.717) is 25.0 Å². The number of nitrogens with one attached hydrogen (secondary N) is 2. The van der Waals surface area contributed by atoms with Gasteiger partial charge in [0.05, 0.1) is 6.61 Å². The van der Waals surface area contributed by atoms with E-state index in [1.54, 1.807) is 7.11 Å². The second-order valence-electron chi connectivity index (χ2n) is 2.92. The molecule has 0 saturated heterocycles. The molecule has 5 nitrogen and oxygen atoms in total. The van der Waals surface area contributed by atoms with Crippen LogP contribution in [0.1, 0.15) is 13.8 Å². The van der Waals surface area contributed by atoms with Gasteiger partial charge in [-0.3, -0.25) is 10.4 Å². The summed E-state index contributed by atoms with van der Waals surface area (Å²) in [5.74, 6) is 6.28. The summed E-state index contributed by atoms with van der Waals surface area (Å²) in [7, 11) is 1.69. The van der Waals surface area contributed by atoms with E-state index in [-0.39, 0.29) is 0 Å². The van der Waals surface area contributed by atoms with Gasteiger partial charge in [-0.1, -0.05) is 6.92 Å². The van der Waals surface area contributed by atoms with E-state index >= 15 is 0 Å². The lowest BCUT2D eigenvalue weighted by molar-refractivity contribution is 0.163. The van der Waals surface area contributed by atoms with Gasteiger partial charge in [-0.2, -0.15) is 0 Å². The Morgan fingerprint density at radius 1 is 1.62 bits per heavy atom. The highest BCUT2D eigenvalue weighted by Gasteiger charge is 2.00. The van der Waals surface area contributed by atoms with Crippen molar-refractivity contribution >= 4 is 5.96 Å². The number of aliphatic imine (C=N–C) groups is 1. The normalized spacial score (nSPS) is 14.0. The number of hydrazine groups is 1. The molecule has 0 amide bonds. The van der Waals surface area contributed by atoms with Crippen LogP contribution in [0.25, 0.3) is 0 Å². The molecule has 0 rings (SSSR count). The lowest BCUT2D eigenvalue weighted by Gasteiger charge is -2.09. The molecule has 0 bridgehead atoms. The van der Waals surface area contributed by atoms with E-state index < -0.39 is 0 Å². The first-order valence-corrected chi connectivity index (χ1v) is 4.48. The first-order chi connectivity index (χ1) is 6.24. The minimum absolute atomic E-state index is 0.409. The van der Waals surface area contributed by atoms with Crippen LogP contribution in [0.4, 0.5) is 0 Å². The van der Waals surface area contributed by atoms with Crippen LogP contribution in [0.3, 0.4) is 0 Å². The van der Waals surface area contributed by atoms with Gasteiger partial charge in [0.2, 0.25) is 5.96 Å². The molecule has 0 heterocycles. The Hall–Kier alpha value is -0.810. The smallest absolute Gasteiger partial charge is 0.205 e. The van der Waals surface area contributed by atoms with Crippen molar-refractivity contribution in [3.05, 3.63) is 0 Å². The number of guanidine groups is 1. The van der Waals surface area contributed by atoms with Crippen LogP contribution in [0.2, 0.25) is 0 Å². The van der Waals surface area contributed by atoms with Crippen LogP contribution in [0.15, 0.2) is 4.99 Å². The number of hydrogen-bond acceptors (Lipinski definition) is 3. The lowest BCUT2D eigenvalue weighted by atomic mass is 10.2. The minimum Gasteiger partial charge on any atom is -0.384 e. The highest BCUT2D eigenvalue weighted by Crippen LogP contribution is 1.94. The lowest BCUT2D eigenvalue weighted by Crippen LogP contribution is -2.41.